The first-order chi connectivity index (χ1) is 21.7. The summed E-state index contributed by atoms with van der Waals surface area (Å²) in [7, 11) is -5.18. The number of nitrogen functional groups attached to an aromatic ring is 2. The summed E-state index contributed by atoms with van der Waals surface area (Å²) in [5.41, 5.74) is 9.17. The number of aromatic amines is 1. The molecule has 2 saturated heterocycles. The molecular weight excluding hydrogens is 645 g/mol. The van der Waals surface area contributed by atoms with E-state index < -0.39 is 93.3 Å². The number of aliphatic hydroxyl groups is 2. The van der Waals surface area contributed by atoms with Crippen molar-refractivity contribution in [2.45, 2.75) is 62.9 Å². The largest absolute Gasteiger partial charge is 0.472 e. The van der Waals surface area contributed by atoms with E-state index >= 15 is 0 Å². The van der Waals surface area contributed by atoms with Gasteiger partial charge in [-0.1, -0.05) is 0 Å². The molecular formula is C22H28N9O14P. The van der Waals surface area contributed by atoms with E-state index in [2.05, 4.69) is 24.9 Å². The molecule has 3 aromatic rings. The summed E-state index contributed by atoms with van der Waals surface area (Å²) in [4.78, 5) is 76.4. The number of aliphatic hydroxyl groups excluding tert-OH is 2. The molecule has 0 radical (unpaired) electrons. The van der Waals surface area contributed by atoms with Gasteiger partial charge in [0.1, 0.15) is 30.7 Å². The van der Waals surface area contributed by atoms with E-state index in [4.69, 9.17) is 39.5 Å². The van der Waals surface area contributed by atoms with Crippen molar-refractivity contribution in [2.75, 3.05) is 24.7 Å². The number of anilines is 2. The Morgan fingerprint density at radius 2 is 1.63 bits per heavy atom. The number of imidazole rings is 1. The van der Waals surface area contributed by atoms with Gasteiger partial charge in [-0.3, -0.25) is 37.5 Å². The zero-order valence-electron chi connectivity index (χ0n) is 23.8. The smallest absolute Gasteiger partial charge is 0.455 e. The first-order valence-electron chi connectivity index (χ1n) is 13.2. The Balaban J connectivity index is 1.35. The summed E-state index contributed by atoms with van der Waals surface area (Å²) < 4.78 is 47.2. The molecule has 3 aromatic heterocycles. The van der Waals surface area contributed by atoms with Crippen LogP contribution in [0, 0.1) is 0 Å². The summed E-state index contributed by atoms with van der Waals surface area (Å²) in [6, 6.07) is 0. The van der Waals surface area contributed by atoms with E-state index in [1.54, 1.807) is 0 Å². The van der Waals surface area contributed by atoms with Gasteiger partial charge in [-0.15, -0.1) is 0 Å². The number of phosphoric acid groups is 1. The van der Waals surface area contributed by atoms with Gasteiger partial charge in [0.25, 0.3) is 5.56 Å². The average molecular weight is 673 g/mol. The van der Waals surface area contributed by atoms with E-state index in [9.17, 15) is 38.8 Å². The molecule has 1 unspecified atom stereocenters. The lowest BCUT2D eigenvalue weighted by Gasteiger charge is -2.26. The number of hydrogen-bond donors (Lipinski definition) is 6. The van der Waals surface area contributed by atoms with Crippen molar-refractivity contribution < 1.29 is 57.3 Å². The van der Waals surface area contributed by atoms with E-state index in [0.29, 0.717) is 0 Å². The summed E-state index contributed by atoms with van der Waals surface area (Å²) in [5, 5.41) is 20.9. The number of phosphoric ester groups is 1. The molecule has 0 aliphatic carbocycles. The number of ether oxygens (including phenoxy) is 4. The number of fused-ring (bicyclic) bond motifs is 1. The highest BCUT2D eigenvalue weighted by molar-refractivity contribution is 7.47. The van der Waals surface area contributed by atoms with Gasteiger partial charge in [0.2, 0.25) is 11.9 Å². The van der Waals surface area contributed by atoms with Crippen molar-refractivity contribution in [3.8, 4) is 0 Å². The second-order valence-corrected chi connectivity index (χ2v) is 11.4. The number of rotatable bonds is 10. The van der Waals surface area contributed by atoms with Gasteiger partial charge in [-0.25, -0.2) is 19.3 Å². The Morgan fingerprint density at radius 3 is 2.28 bits per heavy atom. The number of nitrogens with two attached hydrogens (primary N) is 2. The SMILES string of the molecule is CC(=O)O[C@@H]1[C@H](OP(=O)(O)OC[C@H]2O[C@@H](n3cnc4c(=O)[nH]c(N)nc43)[C@H](OC(C)=O)[C@@H]2O)[C@@H](CO)O[C@H]1n1cnc(N)nc1=O. The van der Waals surface area contributed by atoms with Crippen LogP contribution < -0.4 is 22.7 Å². The molecule has 2 aliphatic rings. The lowest BCUT2D eigenvalue weighted by molar-refractivity contribution is -0.156. The molecule has 0 aromatic carbocycles. The molecule has 2 fully saturated rings. The van der Waals surface area contributed by atoms with E-state index in [-0.39, 0.29) is 23.1 Å². The van der Waals surface area contributed by atoms with E-state index in [0.717, 1.165) is 31.1 Å². The van der Waals surface area contributed by atoms with Crippen LogP contribution in [0.1, 0.15) is 26.3 Å². The molecule has 24 heteroatoms. The van der Waals surface area contributed by atoms with Gasteiger partial charge in [0.15, 0.2) is 35.8 Å². The fourth-order valence-corrected chi connectivity index (χ4v) is 5.89. The third-order valence-corrected chi connectivity index (χ3v) is 7.77. The lowest BCUT2D eigenvalue weighted by atomic mass is 10.1. The van der Waals surface area contributed by atoms with Crippen LogP contribution in [-0.2, 0) is 42.1 Å². The van der Waals surface area contributed by atoms with Crippen molar-refractivity contribution in [1.82, 2.24) is 34.1 Å². The molecule has 5 heterocycles. The third-order valence-electron chi connectivity index (χ3n) is 6.78. The Kier molecular flexibility index (Phi) is 9.19. The topological polar surface area (TPSA) is 331 Å². The van der Waals surface area contributed by atoms with Gasteiger partial charge < -0.3 is 45.5 Å². The Labute approximate surface area is 255 Å². The van der Waals surface area contributed by atoms with Crippen molar-refractivity contribution in [1.29, 1.82) is 0 Å². The average Bonchev–Trinajstić information content (AvgIpc) is 3.61. The molecule has 0 spiro atoms. The number of nitrogens with one attached hydrogen (secondary N) is 1. The van der Waals surface area contributed by atoms with Crippen LogP contribution in [0.4, 0.5) is 11.9 Å². The van der Waals surface area contributed by atoms with Gasteiger partial charge in [-0.05, 0) is 0 Å². The highest BCUT2D eigenvalue weighted by Crippen LogP contribution is 2.49. The monoisotopic (exact) mass is 673 g/mol. The number of esters is 2. The van der Waals surface area contributed by atoms with Crippen LogP contribution in [0.2, 0.25) is 0 Å². The fourth-order valence-electron chi connectivity index (χ4n) is 4.93. The van der Waals surface area contributed by atoms with Crippen LogP contribution in [0.15, 0.2) is 22.2 Å². The molecule has 0 amide bonds. The normalized spacial score (nSPS) is 29.1. The predicted molar refractivity (Wildman–Crippen MR) is 146 cm³/mol. The number of nitrogens with zero attached hydrogens (tertiary/aromatic N) is 6. The van der Waals surface area contributed by atoms with Crippen LogP contribution in [0.3, 0.4) is 0 Å². The van der Waals surface area contributed by atoms with Gasteiger partial charge in [0.05, 0.1) is 19.5 Å². The summed E-state index contributed by atoms with van der Waals surface area (Å²) >= 11 is 0. The minimum Gasteiger partial charge on any atom is -0.455 e. The standard InChI is InChI=1S/C22H28N9O14P/c1-7(33)41-14-12(35)10(44-18(14)30-5-25-11-16(30)27-21(24)28-17(11)36)4-40-46(38,39)45-13-9(3-32)43-19(15(13)42-8(2)34)31-6-26-20(23)29-22(31)37/h5-6,9-10,12-15,18-19,32,35H,3-4H2,1-2H3,(H,38,39)(H2,23,29,37)(H3,24,27,28,36)/t9-,10-,12-,13-,14-,15-,18-,19-/m1/s1. The zero-order valence-corrected chi connectivity index (χ0v) is 24.7. The third kappa shape index (κ3) is 6.61. The lowest BCUT2D eigenvalue weighted by Crippen LogP contribution is -2.40. The van der Waals surface area contributed by atoms with Crippen LogP contribution in [-0.4, -0.2) is 111 Å². The number of hydrogen-bond acceptors (Lipinski definition) is 19. The minimum absolute atomic E-state index is 0.0821. The van der Waals surface area contributed by atoms with Crippen molar-refractivity contribution >= 4 is 42.8 Å². The van der Waals surface area contributed by atoms with Gasteiger partial charge in [-0.2, -0.15) is 9.97 Å². The highest BCUT2D eigenvalue weighted by atomic mass is 31.2. The maximum Gasteiger partial charge on any atom is 0.472 e. The van der Waals surface area contributed by atoms with Crippen LogP contribution in [0.25, 0.3) is 11.2 Å². The first kappa shape index (κ1) is 33.0. The fraction of sp³-hybridized carbons (Fsp3) is 0.545. The summed E-state index contributed by atoms with van der Waals surface area (Å²) in [5.74, 6) is -2.36. The molecule has 2 aliphatic heterocycles. The van der Waals surface area contributed by atoms with Gasteiger partial charge in [0, 0.05) is 13.8 Å². The van der Waals surface area contributed by atoms with Crippen LogP contribution >= 0.6 is 7.82 Å². The van der Waals surface area contributed by atoms with Crippen molar-refractivity contribution in [2.24, 2.45) is 0 Å². The zero-order chi connectivity index (χ0) is 33.5. The molecule has 5 rings (SSSR count). The predicted octanol–water partition coefficient (Wildman–Crippen LogP) is -3.55. The molecule has 0 saturated carbocycles. The number of carbonyl (C=O) groups is 2. The van der Waals surface area contributed by atoms with E-state index in [1.165, 1.54) is 4.57 Å². The maximum absolute atomic E-state index is 13.1. The second-order valence-electron chi connectivity index (χ2n) is 9.97. The Morgan fingerprint density at radius 1 is 1.00 bits per heavy atom. The second kappa shape index (κ2) is 12.8. The van der Waals surface area contributed by atoms with Crippen molar-refractivity contribution in [3.63, 3.8) is 0 Å². The Bertz CT molecular complexity index is 1800. The summed E-state index contributed by atoms with van der Waals surface area (Å²) in [6.45, 7) is 0.390. The summed E-state index contributed by atoms with van der Waals surface area (Å²) in [6.07, 6.45) is -10.1. The maximum atomic E-state index is 13.1. The van der Waals surface area contributed by atoms with Gasteiger partial charge >= 0.3 is 25.5 Å². The number of aromatic nitrogens is 7. The quantitative estimate of drug-likeness (QED) is 0.0895. The minimum atomic E-state index is -5.18. The molecule has 8 N–H and O–H groups in total. The highest BCUT2D eigenvalue weighted by Gasteiger charge is 2.53. The molecule has 0 bridgehead atoms. The van der Waals surface area contributed by atoms with Crippen LogP contribution in [0.5, 0.6) is 0 Å². The first-order valence-corrected chi connectivity index (χ1v) is 14.7. The number of carbonyl (C=O) groups excluding carboxylic acids is 2. The number of H-pyrrole nitrogens is 1. The Hall–Kier alpha value is -4.35. The molecule has 23 nitrogen and oxygen atoms in total. The molecule has 250 valence electrons. The molecule has 9 atom stereocenters. The van der Waals surface area contributed by atoms with Crippen molar-refractivity contribution in [3.05, 3.63) is 33.5 Å². The van der Waals surface area contributed by atoms with E-state index in [1.807, 2.05) is 0 Å². The molecule has 46 heavy (non-hydrogen) atoms.